The molecule has 0 aliphatic heterocycles. The second-order valence-corrected chi connectivity index (χ2v) is 8.56. The number of amides is 2. The number of anilines is 1. The maximum absolute atomic E-state index is 12.7. The Morgan fingerprint density at radius 2 is 1.28 bits per heavy atom. The van der Waals surface area contributed by atoms with Crippen LogP contribution in [0.3, 0.4) is 0 Å². The van der Waals surface area contributed by atoms with Gasteiger partial charge in [-0.15, -0.1) is 0 Å². The highest BCUT2D eigenvalue weighted by atomic mass is 16.5. The molecule has 0 aromatic heterocycles. The highest BCUT2D eigenvalue weighted by Gasteiger charge is 2.21. The highest BCUT2D eigenvalue weighted by molar-refractivity contribution is 6.05. The lowest BCUT2D eigenvalue weighted by molar-refractivity contribution is 0.0706. The number of carbonyl (C=O) groups is 2. The van der Waals surface area contributed by atoms with E-state index in [-0.39, 0.29) is 11.5 Å². The fourth-order valence-corrected chi connectivity index (χ4v) is 2.45. The molecule has 0 heterocycles. The summed E-state index contributed by atoms with van der Waals surface area (Å²) in [6.07, 6.45) is 0. The molecule has 2 aromatic rings. The van der Waals surface area contributed by atoms with E-state index < -0.39 is 17.1 Å². The lowest BCUT2D eigenvalue weighted by Crippen LogP contribution is -2.26. The van der Waals surface area contributed by atoms with Crippen LogP contribution in [-0.2, 0) is 0 Å². The van der Waals surface area contributed by atoms with Crippen LogP contribution >= 0.6 is 0 Å². The van der Waals surface area contributed by atoms with Gasteiger partial charge in [0, 0.05) is 16.8 Å². The van der Waals surface area contributed by atoms with Gasteiger partial charge in [0.1, 0.15) is 11.2 Å². The molecule has 0 aliphatic rings. The average molecular weight is 400 g/mol. The number of ether oxygens (including phenoxy) is 2. The van der Waals surface area contributed by atoms with Crippen LogP contribution in [0.5, 0.6) is 11.5 Å². The first-order valence-corrected chi connectivity index (χ1v) is 9.26. The molecule has 0 saturated carbocycles. The standard InChI is InChI=1S/C22H28N2O5/c1-21(2,3)28-17-12-9-15(13-18(17)29-22(4,5)6)19(25)23-16-10-7-14(8-11-16)20(26)24-27/h7-13,27H,1-6H3,(H,23,25)(H,24,26). The molecule has 7 heteroatoms. The normalized spacial score (nSPS) is 11.6. The van der Waals surface area contributed by atoms with Gasteiger partial charge in [-0.05, 0) is 84.0 Å². The molecule has 0 saturated heterocycles. The summed E-state index contributed by atoms with van der Waals surface area (Å²) in [5, 5.41) is 11.4. The van der Waals surface area contributed by atoms with Gasteiger partial charge in [0.15, 0.2) is 11.5 Å². The fourth-order valence-electron chi connectivity index (χ4n) is 2.45. The summed E-state index contributed by atoms with van der Waals surface area (Å²) in [6, 6.07) is 11.2. The van der Waals surface area contributed by atoms with Crippen LogP contribution in [0.25, 0.3) is 0 Å². The molecule has 7 nitrogen and oxygen atoms in total. The predicted molar refractivity (Wildman–Crippen MR) is 111 cm³/mol. The Morgan fingerprint density at radius 1 is 0.759 bits per heavy atom. The highest BCUT2D eigenvalue weighted by Crippen LogP contribution is 2.34. The maximum atomic E-state index is 12.7. The van der Waals surface area contributed by atoms with E-state index in [9.17, 15) is 9.59 Å². The van der Waals surface area contributed by atoms with E-state index >= 15 is 0 Å². The summed E-state index contributed by atoms with van der Waals surface area (Å²) in [6.45, 7) is 11.6. The quantitative estimate of drug-likeness (QED) is 0.510. The number of benzene rings is 2. The first-order valence-electron chi connectivity index (χ1n) is 9.26. The second kappa shape index (κ2) is 8.53. The van der Waals surface area contributed by atoms with Gasteiger partial charge < -0.3 is 14.8 Å². The summed E-state index contributed by atoms with van der Waals surface area (Å²) in [5.41, 5.74) is 1.87. The van der Waals surface area contributed by atoms with Gasteiger partial charge in [-0.2, -0.15) is 0 Å². The lowest BCUT2D eigenvalue weighted by Gasteiger charge is -2.27. The van der Waals surface area contributed by atoms with E-state index in [0.717, 1.165) is 0 Å². The monoisotopic (exact) mass is 400 g/mol. The second-order valence-electron chi connectivity index (χ2n) is 8.56. The summed E-state index contributed by atoms with van der Waals surface area (Å²) >= 11 is 0. The minimum absolute atomic E-state index is 0.273. The Kier molecular flexibility index (Phi) is 6.54. The number of hydrogen-bond donors (Lipinski definition) is 3. The van der Waals surface area contributed by atoms with Crippen molar-refractivity contribution in [3.8, 4) is 11.5 Å². The number of hydrogen-bond acceptors (Lipinski definition) is 5. The predicted octanol–water partition coefficient (Wildman–Crippen LogP) is 4.41. The smallest absolute Gasteiger partial charge is 0.274 e. The van der Waals surface area contributed by atoms with Crippen LogP contribution in [-0.4, -0.2) is 28.2 Å². The van der Waals surface area contributed by atoms with Gasteiger partial charge in [-0.25, -0.2) is 5.48 Å². The molecule has 2 amide bonds. The van der Waals surface area contributed by atoms with Crippen molar-refractivity contribution in [3.63, 3.8) is 0 Å². The molecule has 0 radical (unpaired) electrons. The van der Waals surface area contributed by atoms with Gasteiger partial charge in [0.05, 0.1) is 0 Å². The van der Waals surface area contributed by atoms with Crippen LogP contribution in [0.4, 0.5) is 5.69 Å². The zero-order valence-electron chi connectivity index (χ0n) is 17.6. The molecule has 0 spiro atoms. The van der Waals surface area contributed by atoms with E-state index in [1.54, 1.807) is 35.8 Å². The maximum Gasteiger partial charge on any atom is 0.274 e. The van der Waals surface area contributed by atoms with E-state index in [1.165, 1.54) is 12.1 Å². The number of hydroxylamine groups is 1. The van der Waals surface area contributed by atoms with Crippen LogP contribution in [0.1, 0.15) is 62.3 Å². The minimum atomic E-state index is -0.624. The topological polar surface area (TPSA) is 96.9 Å². The number of carbonyl (C=O) groups excluding carboxylic acids is 2. The van der Waals surface area contributed by atoms with E-state index in [0.29, 0.717) is 22.7 Å². The SMILES string of the molecule is CC(C)(C)Oc1ccc(C(=O)Nc2ccc(C(=O)NO)cc2)cc1OC(C)(C)C. The zero-order valence-corrected chi connectivity index (χ0v) is 17.6. The Morgan fingerprint density at radius 3 is 1.79 bits per heavy atom. The summed E-state index contributed by atoms with van der Waals surface area (Å²) in [5.74, 6) is 0.0881. The molecule has 0 atom stereocenters. The fraction of sp³-hybridized carbons (Fsp3) is 0.364. The molecule has 0 fully saturated rings. The van der Waals surface area contributed by atoms with Crippen molar-refractivity contribution in [2.75, 3.05) is 5.32 Å². The first kappa shape index (κ1) is 22.2. The number of rotatable bonds is 5. The summed E-state index contributed by atoms with van der Waals surface area (Å²) < 4.78 is 12.0. The van der Waals surface area contributed by atoms with Crippen molar-refractivity contribution in [3.05, 3.63) is 53.6 Å². The molecular weight excluding hydrogens is 372 g/mol. The van der Waals surface area contributed by atoms with Crippen LogP contribution in [0.2, 0.25) is 0 Å². The van der Waals surface area contributed by atoms with Crippen molar-refractivity contribution in [1.29, 1.82) is 0 Å². The zero-order chi connectivity index (χ0) is 21.8. The molecule has 0 aliphatic carbocycles. The largest absolute Gasteiger partial charge is 0.484 e. The van der Waals surface area contributed by atoms with Crippen molar-refractivity contribution in [2.24, 2.45) is 0 Å². The minimum Gasteiger partial charge on any atom is -0.484 e. The molecule has 2 aromatic carbocycles. The summed E-state index contributed by atoms with van der Waals surface area (Å²) in [4.78, 5) is 24.1. The third-order valence-electron chi connectivity index (χ3n) is 3.54. The average Bonchev–Trinajstić information content (AvgIpc) is 2.60. The first-order chi connectivity index (χ1) is 13.4. The van der Waals surface area contributed by atoms with Crippen molar-refractivity contribution >= 4 is 17.5 Å². The van der Waals surface area contributed by atoms with Crippen molar-refractivity contribution < 1.29 is 24.3 Å². The van der Waals surface area contributed by atoms with E-state index in [2.05, 4.69) is 5.32 Å². The molecule has 0 bridgehead atoms. The Labute approximate surface area is 171 Å². The lowest BCUT2D eigenvalue weighted by atomic mass is 10.1. The van der Waals surface area contributed by atoms with Crippen LogP contribution in [0, 0.1) is 0 Å². The van der Waals surface area contributed by atoms with Crippen molar-refractivity contribution in [2.45, 2.75) is 52.7 Å². The van der Waals surface area contributed by atoms with E-state index in [1.807, 2.05) is 41.5 Å². The van der Waals surface area contributed by atoms with Crippen LogP contribution < -0.4 is 20.3 Å². The van der Waals surface area contributed by atoms with Gasteiger partial charge in [-0.3, -0.25) is 14.8 Å². The van der Waals surface area contributed by atoms with Gasteiger partial charge in [-0.1, -0.05) is 0 Å². The van der Waals surface area contributed by atoms with E-state index in [4.69, 9.17) is 14.7 Å². The molecule has 29 heavy (non-hydrogen) atoms. The number of nitrogens with one attached hydrogen (secondary N) is 2. The molecule has 2 rings (SSSR count). The van der Waals surface area contributed by atoms with Gasteiger partial charge >= 0.3 is 0 Å². The van der Waals surface area contributed by atoms with Gasteiger partial charge in [0.2, 0.25) is 0 Å². The Balaban J connectivity index is 2.25. The van der Waals surface area contributed by atoms with Crippen LogP contribution in [0.15, 0.2) is 42.5 Å². The summed E-state index contributed by atoms with van der Waals surface area (Å²) in [7, 11) is 0. The molecular formula is C22H28N2O5. The van der Waals surface area contributed by atoms with Crippen molar-refractivity contribution in [1.82, 2.24) is 5.48 Å². The molecule has 3 N–H and O–H groups in total. The Hall–Kier alpha value is -3.06. The molecule has 156 valence electrons. The Bertz CT molecular complexity index is 878. The van der Waals surface area contributed by atoms with Gasteiger partial charge in [0.25, 0.3) is 11.8 Å². The molecule has 0 unspecified atom stereocenters. The third-order valence-corrected chi connectivity index (χ3v) is 3.54. The third kappa shape index (κ3) is 6.80.